The second-order valence-corrected chi connectivity index (χ2v) is 6.88. The fourth-order valence-electron chi connectivity index (χ4n) is 2.60. The first-order valence-electron chi connectivity index (χ1n) is 7.84. The molecule has 0 aromatic heterocycles. The third-order valence-electron chi connectivity index (χ3n) is 4.12. The lowest BCUT2D eigenvalue weighted by Crippen LogP contribution is -2.23. The molecule has 0 aliphatic carbocycles. The van der Waals surface area contributed by atoms with Gasteiger partial charge in [-0.2, -0.15) is 0 Å². The summed E-state index contributed by atoms with van der Waals surface area (Å²) in [6.07, 6.45) is 0.603. The number of hydrogen-bond donors (Lipinski definition) is 1. The van der Waals surface area contributed by atoms with Crippen molar-refractivity contribution in [2.24, 2.45) is 5.73 Å². The lowest BCUT2D eigenvalue weighted by Gasteiger charge is -2.20. The van der Waals surface area contributed by atoms with Crippen LogP contribution in [0.15, 0.2) is 48.5 Å². The summed E-state index contributed by atoms with van der Waals surface area (Å²) in [5, 5.41) is 0. The Labute approximate surface area is 138 Å². The molecule has 2 aromatic rings. The smallest absolute Gasteiger partial charge is 0.225 e. The first kappa shape index (κ1) is 17.1. The van der Waals surface area contributed by atoms with Crippen molar-refractivity contribution in [1.29, 1.82) is 0 Å². The molecule has 23 heavy (non-hydrogen) atoms. The first-order valence-corrected chi connectivity index (χ1v) is 7.84. The summed E-state index contributed by atoms with van der Waals surface area (Å²) >= 11 is 0. The molecule has 0 spiro atoms. The fraction of sp³-hybridized carbons (Fsp3) is 0.350. The van der Waals surface area contributed by atoms with Crippen LogP contribution in [0.2, 0.25) is 0 Å². The zero-order chi connectivity index (χ0) is 17.0. The standard InChI is InChI=1S/C20H25NO2/c1-20(2,3)16-9-5-14(6-10-16)13-18(19(21)22)15-7-11-17(23-4)12-8-15/h5-12,18H,13H2,1-4H3,(H2,21,22). The number of carbonyl (C=O) groups excluding carboxylic acids is 1. The number of rotatable bonds is 5. The highest BCUT2D eigenvalue weighted by atomic mass is 16.5. The summed E-state index contributed by atoms with van der Waals surface area (Å²) < 4.78 is 5.16. The lowest BCUT2D eigenvalue weighted by atomic mass is 9.85. The fourth-order valence-corrected chi connectivity index (χ4v) is 2.60. The van der Waals surface area contributed by atoms with Crippen molar-refractivity contribution in [1.82, 2.24) is 0 Å². The van der Waals surface area contributed by atoms with Gasteiger partial charge in [0.25, 0.3) is 0 Å². The van der Waals surface area contributed by atoms with Crippen LogP contribution in [-0.2, 0) is 16.6 Å². The molecule has 0 aliphatic heterocycles. The summed E-state index contributed by atoms with van der Waals surface area (Å²) in [6, 6.07) is 15.9. The largest absolute Gasteiger partial charge is 0.497 e. The quantitative estimate of drug-likeness (QED) is 0.913. The number of amides is 1. The van der Waals surface area contributed by atoms with E-state index in [1.807, 2.05) is 24.3 Å². The molecule has 0 saturated heterocycles. The van der Waals surface area contributed by atoms with E-state index in [4.69, 9.17) is 10.5 Å². The van der Waals surface area contributed by atoms with Gasteiger partial charge >= 0.3 is 0 Å². The molecule has 1 unspecified atom stereocenters. The molecule has 0 aliphatic rings. The minimum Gasteiger partial charge on any atom is -0.497 e. The van der Waals surface area contributed by atoms with E-state index >= 15 is 0 Å². The average Bonchev–Trinajstić information content (AvgIpc) is 2.52. The number of ether oxygens (including phenoxy) is 1. The van der Waals surface area contributed by atoms with Crippen LogP contribution in [0.5, 0.6) is 5.75 Å². The van der Waals surface area contributed by atoms with Gasteiger partial charge in [0.1, 0.15) is 5.75 Å². The van der Waals surface area contributed by atoms with Gasteiger partial charge in [-0.25, -0.2) is 0 Å². The van der Waals surface area contributed by atoms with Crippen molar-refractivity contribution in [3.63, 3.8) is 0 Å². The number of nitrogens with two attached hydrogens (primary N) is 1. The van der Waals surface area contributed by atoms with Crippen LogP contribution < -0.4 is 10.5 Å². The van der Waals surface area contributed by atoms with Crippen LogP contribution in [0.3, 0.4) is 0 Å². The molecular formula is C20H25NO2. The monoisotopic (exact) mass is 311 g/mol. The normalized spacial score (nSPS) is 12.7. The molecule has 2 rings (SSSR count). The number of carbonyl (C=O) groups is 1. The van der Waals surface area contributed by atoms with Crippen LogP contribution in [0, 0.1) is 0 Å². The number of benzene rings is 2. The molecule has 0 radical (unpaired) electrons. The average molecular weight is 311 g/mol. The molecule has 0 bridgehead atoms. The maximum Gasteiger partial charge on any atom is 0.225 e. The minimum atomic E-state index is -0.332. The van der Waals surface area contributed by atoms with Gasteiger partial charge in [-0.15, -0.1) is 0 Å². The van der Waals surface area contributed by atoms with Gasteiger partial charge in [-0.05, 0) is 40.7 Å². The summed E-state index contributed by atoms with van der Waals surface area (Å²) in [4.78, 5) is 11.9. The maximum atomic E-state index is 11.9. The topological polar surface area (TPSA) is 52.3 Å². The van der Waals surface area contributed by atoms with Crippen LogP contribution in [0.4, 0.5) is 0 Å². The Morgan fingerprint density at radius 3 is 2.04 bits per heavy atom. The molecule has 0 heterocycles. The van der Waals surface area contributed by atoms with Crippen LogP contribution in [0.25, 0.3) is 0 Å². The van der Waals surface area contributed by atoms with Gasteiger partial charge in [0.15, 0.2) is 0 Å². The van der Waals surface area contributed by atoms with E-state index in [0.717, 1.165) is 16.9 Å². The second kappa shape index (κ2) is 6.86. The molecule has 2 aromatic carbocycles. The van der Waals surface area contributed by atoms with Crippen molar-refractivity contribution in [3.05, 3.63) is 65.2 Å². The molecule has 1 atom stereocenters. The minimum absolute atomic E-state index is 0.123. The summed E-state index contributed by atoms with van der Waals surface area (Å²) in [5.74, 6) is 0.128. The zero-order valence-electron chi connectivity index (χ0n) is 14.3. The molecule has 1 amide bonds. The SMILES string of the molecule is COc1ccc(C(Cc2ccc(C(C)(C)C)cc2)C(N)=O)cc1. The van der Waals surface area contributed by atoms with Crippen molar-refractivity contribution < 1.29 is 9.53 Å². The van der Waals surface area contributed by atoms with Crippen molar-refractivity contribution in [2.75, 3.05) is 7.11 Å². The van der Waals surface area contributed by atoms with Gasteiger partial charge in [0.2, 0.25) is 5.91 Å². The number of hydrogen-bond acceptors (Lipinski definition) is 2. The van der Waals surface area contributed by atoms with Gasteiger partial charge in [0, 0.05) is 0 Å². The Hall–Kier alpha value is -2.29. The van der Waals surface area contributed by atoms with Gasteiger partial charge in [0.05, 0.1) is 13.0 Å². The van der Waals surface area contributed by atoms with Crippen LogP contribution >= 0.6 is 0 Å². The van der Waals surface area contributed by atoms with E-state index in [9.17, 15) is 4.79 Å². The Bertz CT molecular complexity index is 652. The van der Waals surface area contributed by atoms with Crippen molar-refractivity contribution in [3.8, 4) is 5.75 Å². The van der Waals surface area contributed by atoms with E-state index in [0.29, 0.717) is 6.42 Å². The predicted octanol–water partition coefficient (Wildman–Crippen LogP) is 3.80. The Kier molecular flexibility index (Phi) is 5.09. The second-order valence-electron chi connectivity index (χ2n) is 6.88. The molecule has 0 saturated carbocycles. The lowest BCUT2D eigenvalue weighted by molar-refractivity contribution is -0.119. The predicted molar refractivity (Wildman–Crippen MR) is 93.8 cm³/mol. The summed E-state index contributed by atoms with van der Waals surface area (Å²) in [5.41, 5.74) is 9.04. The molecule has 2 N–H and O–H groups in total. The highest BCUT2D eigenvalue weighted by molar-refractivity contribution is 5.82. The van der Waals surface area contributed by atoms with E-state index in [1.165, 1.54) is 5.56 Å². The Morgan fingerprint density at radius 2 is 1.61 bits per heavy atom. The maximum absolute atomic E-state index is 11.9. The first-order chi connectivity index (χ1) is 10.8. The highest BCUT2D eigenvalue weighted by Crippen LogP contribution is 2.26. The van der Waals surface area contributed by atoms with Crippen molar-refractivity contribution in [2.45, 2.75) is 38.5 Å². The molecular weight excluding hydrogens is 286 g/mol. The van der Waals surface area contributed by atoms with Crippen molar-refractivity contribution >= 4 is 5.91 Å². The molecule has 3 heteroatoms. The van der Waals surface area contributed by atoms with Gasteiger partial charge in [-0.1, -0.05) is 57.2 Å². The summed E-state index contributed by atoms with van der Waals surface area (Å²) in [7, 11) is 1.62. The molecule has 0 fully saturated rings. The number of methoxy groups -OCH3 is 1. The van der Waals surface area contributed by atoms with E-state index in [1.54, 1.807) is 7.11 Å². The Balaban J connectivity index is 2.20. The van der Waals surface area contributed by atoms with Gasteiger partial charge < -0.3 is 10.5 Å². The van der Waals surface area contributed by atoms with E-state index in [2.05, 4.69) is 45.0 Å². The highest BCUT2D eigenvalue weighted by Gasteiger charge is 2.19. The Morgan fingerprint density at radius 1 is 1.04 bits per heavy atom. The van der Waals surface area contributed by atoms with Crippen LogP contribution in [0.1, 0.15) is 43.4 Å². The zero-order valence-corrected chi connectivity index (χ0v) is 14.3. The number of primary amides is 1. The van der Waals surface area contributed by atoms with Crippen LogP contribution in [-0.4, -0.2) is 13.0 Å². The third-order valence-corrected chi connectivity index (χ3v) is 4.12. The van der Waals surface area contributed by atoms with E-state index < -0.39 is 0 Å². The van der Waals surface area contributed by atoms with Gasteiger partial charge in [-0.3, -0.25) is 4.79 Å². The molecule has 3 nitrogen and oxygen atoms in total. The summed E-state index contributed by atoms with van der Waals surface area (Å²) in [6.45, 7) is 6.56. The third kappa shape index (κ3) is 4.35. The van der Waals surface area contributed by atoms with E-state index in [-0.39, 0.29) is 17.2 Å². The molecule has 122 valence electrons.